The number of nitrogens with zero attached hydrogens (tertiary/aromatic N) is 4. The van der Waals surface area contributed by atoms with E-state index < -0.39 is 0 Å². The molecule has 0 aliphatic carbocycles. The molecule has 104 valence electrons. The molecule has 0 amide bonds. The average Bonchev–Trinajstić information content (AvgIpc) is 2.82. The van der Waals surface area contributed by atoms with Crippen LogP contribution in [0.4, 0.5) is 0 Å². The maximum Gasteiger partial charge on any atom is 0.209 e. The summed E-state index contributed by atoms with van der Waals surface area (Å²) in [6.45, 7) is 7.10. The van der Waals surface area contributed by atoms with Crippen molar-refractivity contribution in [3.8, 4) is 0 Å². The molecule has 5 nitrogen and oxygen atoms in total. The summed E-state index contributed by atoms with van der Waals surface area (Å²) in [5.41, 5.74) is 0. The third-order valence-corrected chi connectivity index (χ3v) is 3.77. The number of rotatable bonds is 11. The molecule has 0 aliphatic rings. The number of hydrogen-bond acceptors (Lipinski definition) is 5. The maximum atomic E-state index is 4.07. The molecule has 18 heavy (non-hydrogen) atoms. The van der Waals surface area contributed by atoms with E-state index in [0.29, 0.717) is 0 Å². The topological polar surface area (TPSA) is 55.6 Å². The predicted octanol–water partition coefficient (Wildman–Crippen LogP) is 2.35. The molecule has 1 heterocycles. The van der Waals surface area contributed by atoms with Gasteiger partial charge in [-0.05, 0) is 23.4 Å². The van der Waals surface area contributed by atoms with Crippen LogP contribution in [0, 0.1) is 0 Å². The summed E-state index contributed by atoms with van der Waals surface area (Å²) in [4.78, 5) is 0. The van der Waals surface area contributed by atoms with Gasteiger partial charge in [0.2, 0.25) is 5.16 Å². The van der Waals surface area contributed by atoms with E-state index in [9.17, 15) is 0 Å². The highest BCUT2D eigenvalue weighted by molar-refractivity contribution is 7.99. The monoisotopic (exact) mass is 271 g/mol. The Labute approximate surface area is 114 Å². The van der Waals surface area contributed by atoms with Gasteiger partial charge in [0, 0.05) is 12.3 Å². The van der Waals surface area contributed by atoms with Crippen molar-refractivity contribution in [2.75, 3.05) is 18.8 Å². The van der Waals surface area contributed by atoms with Gasteiger partial charge >= 0.3 is 0 Å². The SMILES string of the molecule is CCCCCCCSc1nnnn1CCNCC. The largest absolute Gasteiger partial charge is 0.315 e. The fourth-order valence-electron chi connectivity index (χ4n) is 1.67. The predicted molar refractivity (Wildman–Crippen MR) is 75.8 cm³/mol. The van der Waals surface area contributed by atoms with Crippen molar-refractivity contribution in [1.29, 1.82) is 0 Å². The zero-order valence-electron chi connectivity index (χ0n) is 11.6. The van der Waals surface area contributed by atoms with Crippen molar-refractivity contribution in [1.82, 2.24) is 25.5 Å². The molecule has 0 spiro atoms. The lowest BCUT2D eigenvalue weighted by Crippen LogP contribution is -2.20. The second-order valence-corrected chi connectivity index (χ2v) is 5.36. The number of thioether (sulfide) groups is 1. The Balaban J connectivity index is 2.15. The third kappa shape index (κ3) is 6.35. The lowest BCUT2D eigenvalue weighted by molar-refractivity contribution is 0.517. The highest BCUT2D eigenvalue weighted by atomic mass is 32.2. The van der Waals surface area contributed by atoms with Crippen molar-refractivity contribution in [3.05, 3.63) is 0 Å². The molecule has 1 aromatic heterocycles. The van der Waals surface area contributed by atoms with Crippen molar-refractivity contribution < 1.29 is 0 Å². The number of hydrogen-bond donors (Lipinski definition) is 1. The van der Waals surface area contributed by atoms with Gasteiger partial charge in [0.25, 0.3) is 0 Å². The average molecular weight is 271 g/mol. The number of unbranched alkanes of at least 4 members (excludes halogenated alkanes) is 4. The first-order valence-electron chi connectivity index (χ1n) is 6.98. The van der Waals surface area contributed by atoms with Crippen LogP contribution in [-0.4, -0.2) is 39.0 Å². The van der Waals surface area contributed by atoms with Crippen molar-refractivity contribution in [3.63, 3.8) is 0 Å². The molecule has 1 N–H and O–H groups in total. The van der Waals surface area contributed by atoms with Gasteiger partial charge in [-0.3, -0.25) is 0 Å². The van der Waals surface area contributed by atoms with Crippen molar-refractivity contribution >= 4 is 11.8 Å². The summed E-state index contributed by atoms with van der Waals surface area (Å²) in [6.07, 6.45) is 6.58. The molecule has 0 aliphatic heterocycles. The van der Waals surface area contributed by atoms with Crippen LogP contribution >= 0.6 is 11.8 Å². The van der Waals surface area contributed by atoms with E-state index in [1.807, 2.05) is 4.68 Å². The van der Waals surface area contributed by atoms with Crippen LogP contribution in [0.2, 0.25) is 0 Å². The molecule has 0 saturated heterocycles. The zero-order valence-corrected chi connectivity index (χ0v) is 12.4. The first kappa shape index (κ1) is 15.4. The smallest absolute Gasteiger partial charge is 0.209 e. The molecular formula is C12H25N5S. The minimum absolute atomic E-state index is 0.846. The number of aromatic nitrogens is 4. The summed E-state index contributed by atoms with van der Waals surface area (Å²) in [5.74, 6) is 1.12. The summed E-state index contributed by atoms with van der Waals surface area (Å²) < 4.78 is 1.89. The minimum atomic E-state index is 0.846. The Kier molecular flexibility index (Phi) is 8.85. The fourth-order valence-corrected chi connectivity index (χ4v) is 2.57. The Morgan fingerprint density at radius 3 is 2.78 bits per heavy atom. The van der Waals surface area contributed by atoms with E-state index in [1.54, 1.807) is 11.8 Å². The zero-order chi connectivity index (χ0) is 13.1. The molecule has 1 aromatic rings. The number of likely N-dealkylation sites (N-methyl/N-ethyl adjacent to an activating group) is 1. The van der Waals surface area contributed by atoms with E-state index in [2.05, 4.69) is 34.7 Å². The molecule has 0 saturated carbocycles. The molecule has 1 rings (SSSR count). The Morgan fingerprint density at radius 1 is 1.17 bits per heavy atom. The van der Waals surface area contributed by atoms with Gasteiger partial charge in [-0.2, -0.15) is 0 Å². The molecule has 6 heteroatoms. The highest BCUT2D eigenvalue weighted by Crippen LogP contribution is 2.16. The van der Waals surface area contributed by atoms with Crippen LogP contribution in [-0.2, 0) is 6.54 Å². The lowest BCUT2D eigenvalue weighted by atomic mass is 10.2. The molecule has 0 fully saturated rings. The van der Waals surface area contributed by atoms with Crippen LogP contribution in [0.5, 0.6) is 0 Å². The number of nitrogens with one attached hydrogen (secondary N) is 1. The van der Waals surface area contributed by atoms with Crippen LogP contribution in [0.25, 0.3) is 0 Å². The quantitative estimate of drug-likeness (QED) is 0.494. The van der Waals surface area contributed by atoms with Gasteiger partial charge in [-0.15, -0.1) is 5.10 Å². The van der Waals surface area contributed by atoms with Gasteiger partial charge in [0.1, 0.15) is 0 Å². The fraction of sp³-hybridized carbons (Fsp3) is 0.917. The normalized spacial score (nSPS) is 11.0. The van der Waals surface area contributed by atoms with Crippen LogP contribution < -0.4 is 5.32 Å². The van der Waals surface area contributed by atoms with E-state index >= 15 is 0 Å². The first-order chi connectivity index (χ1) is 8.88. The van der Waals surface area contributed by atoms with Crippen LogP contribution in [0.15, 0.2) is 5.16 Å². The molecule has 0 unspecified atom stereocenters. The molecule has 0 radical (unpaired) electrons. The summed E-state index contributed by atoms with van der Waals surface area (Å²) in [7, 11) is 0. The standard InChI is InChI=1S/C12H25N5S/c1-3-5-6-7-8-11-18-12-14-15-16-17(12)10-9-13-4-2/h13H,3-11H2,1-2H3. The third-order valence-electron chi connectivity index (χ3n) is 2.73. The number of tetrazole rings is 1. The molecule has 0 atom stereocenters. The van der Waals surface area contributed by atoms with Gasteiger partial charge in [0.05, 0.1) is 6.54 Å². The second kappa shape index (κ2) is 10.3. The Bertz CT molecular complexity index is 302. The van der Waals surface area contributed by atoms with Gasteiger partial charge < -0.3 is 5.32 Å². The van der Waals surface area contributed by atoms with Crippen LogP contribution in [0.1, 0.15) is 46.0 Å². The highest BCUT2D eigenvalue weighted by Gasteiger charge is 2.05. The van der Waals surface area contributed by atoms with E-state index in [4.69, 9.17) is 0 Å². The van der Waals surface area contributed by atoms with Crippen molar-refractivity contribution in [2.45, 2.75) is 57.7 Å². The summed E-state index contributed by atoms with van der Waals surface area (Å²) in [6, 6.07) is 0. The molecule has 0 bridgehead atoms. The molecular weight excluding hydrogens is 246 g/mol. The van der Waals surface area contributed by atoms with Gasteiger partial charge in [0.15, 0.2) is 0 Å². The summed E-state index contributed by atoms with van der Waals surface area (Å²) >= 11 is 1.77. The van der Waals surface area contributed by atoms with Gasteiger partial charge in [-0.1, -0.05) is 51.3 Å². The lowest BCUT2D eigenvalue weighted by Gasteiger charge is -2.04. The molecule has 0 aromatic carbocycles. The van der Waals surface area contributed by atoms with E-state index in [-0.39, 0.29) is 0 Å². The van der Waals surface area contributed by atoms with E-state index in [0.717, 1.165) is 30.5 Å². The minimum Gasteiger partial charge on any atom is -0.315 e. The second-order valence-electron chi connectivity index (χ2n) is 4.30. The maximum absolute atomic E-state index is 4.07. The van der Waals surface area contributed by atoms with Crippen molar-refractivity contribution in [2.24, 2.45) is 0 Å². The summed E-state index contributed by atoms with van der Waals surface area (Å²) in [5, 5.41) is 16.0. The first-order valence-corrected chi connectivity index (χ1v) is 7.96. The van der Waals surface area contributed by atoms with Gasteiger partial charge in [-0.25, -0.2) is 4.68 Å². The van der Waals surface area contributed by atoms with E-state index in [1.165, 1.54) is 32.1 Å². The van der Waals surface area contributed by atoms with Crippen LogP contribution in [0.3, 0.4) is 0 Å². The Hall–Kier alpha value is -0.620. The Morgan fingerprint density at radius 2 is 2.00 bits per heavy atom.